The highest BCUT2D eigenvalue weighted by Crippen LogP contribution is 2.21. The third-order valence-corrected chi connectivity index (χ3v) is 2.27. The number of benzene rings is 1. The van der Waals surface area contributed by atoms with Crippen LogP contribution in [0.4, 0.5) is 4.39 Å². The van der Waals surface area contributed by atoms with Crippen LogP contribution in [0.1, 0.15) is 36.1 Å². The van der Waals surface area contributed by atoms with Gasteiger partial charge in [0, 0.05) is 11.6 Å². The molecule has 0 saturated carbocycles. The molecule has 13 heavy (non-hydrogen) atoms. The molecule has 0 saturated heterocycles. The zero-order chi connectivity index (χ0) is 10.0. The highest BCUT2D eigenvalue weighted by Gasteiger charge is 2.11. The number of aryl methyl sites for hydroxylation is 2. The third kappa shape index (κ3) is 2.07. The molecule has 0 fully saturated rings. The Morgan fingerprint density at radius 2 is 2.00 bits per heavy atom. The van der Waals surface area contributed by atoms with Gasteiger partial charge in [-0.15, -0.1) is 0 Å². The van der Waals surface area contributed by atoms with Crippen LogP contribution < -0.4 is 5.73 Å². The summed E-state index contributed by atoms with van der Waals surface area (Å²) >= 11 is 0. The van der Waals surface area contributed by atoms with Gasteiger partial charge in [-0.3, -0.25) is 0 Å². The Kier molecular flexibility index (Phi) is 3.04. The van der Waals surface area contributed by atoms with Gasteiger partial charge < -0.3 is 5.73 Å². The van der Waals surface area contributed by atoms with Crippen molar-refractivity contribution in [2.24, 2.45) is 5.73 Å². The lowest BCUT2D eigenvalue weighted by Gasteiger charge is -2.12. The van der Waals surface area contributed by atoms with Gasteiger partial charge in [-0.25, -0.2) is 4.39 Å². The fourth-order valence-corrected chi connectivity index (χ4v) is 1.47. The fourth-order valence-electron chi connectivity index (χ4n) is 1.47. The van der Waals surface area contributed by atoms with Gasteiger partial charge in [-0.1, -0.05) is 24.6 Å². The quantitative estimate of drug-likeness (QED) is 0.746. The Balaban J connectivity index is 3.20. The van der Waals surface area contributed by atoms with Crippen LogP contribution in [-0.2, 0) is 0 Å². The van der Waals surface area contributed by atoms with Crippen molar-refractivity contribution in [1.82, 2.24) is 0 Å². The molecule has 1 aromatic carbocycles. The van der Waals surface area contributed by atoms with Crippen LogP contribution in [0.5, 0.6) is 0 Å². The van der Waals surface area contributed by atoms with Crippen LogP contribution in [0.3, 0.4) is 0 Å². The molecule has 1 rings (SSSR count). The lowest BCUT2D eigenvalue weighted by molar-refractivity contribution is 0.567. The van der Waals surface area contributed by atoms with E-state index in [2.05, 4.69) is 0 Å². The summed E-state index contributed by atoms with van der Waals surface area (Å²) in [7, 11) is 0. The number of nitrogens with two attached hydrogens (primary N) is 1. The highest BCUT2D eigenvalue weighted by atomic mass is 19.1. The van der Waals surface area contributed by atoms with Crippen molar-refractivity contribution in [3.63, 3.8) is 0 Å². The van der Waals surface area contributed by atoms with E-state index in [4.69, 9.17) is 5.73 Å². The van der Waals surface area contributed by atoms with Gasteiger partial charge in [0.25, 0.3) is 0 Å². The molecule has 1 atom stereocenters. The monoisotopic (exact) mass is 181 g/mol. The second kappa shape index (κ2) is 3.88. The van der Waals surface area contributed by atoms with Crippen molar-refractivity contribution >= 4 is 0 Å². The van der Waals surface area contributed by atoms with Gasteiger partial charge in [0.15, 0.2) is 0 Å². The third-order valence-electron chi connectivity index (χ3n) is 2.27. The van der Waals surface area contributed by atoms with Gasteiger partial charge >= 0.3 is 0 Å². The van der Waals surface area contributed by atoms with Crippen molar-refractivity contribution in [2.75, 3.05) is 0 Å². The van der Waals surface area contributed by atoms with Crippen molar-refractivity contribution in [2.45, 2.75) is 33.2 Å². The predicted molar refractivity (Wildman–Crippen MR) is 53.1 cm³/mol. The summed E-state index contributed by atoms with van der Waals surface area (Å²) in [4.78, 5) is 0. The van der Waals surface area contributed by atoms with Crippen LogP contribution in [0.2, 0.25) is 0 Å². The maximum absolute atomic E-state index is 13.5. The van der Waals surface area contributed by atoms with Crippen LogP contribution in [0.15, 0.2) is 12.1 Å². The molecule has 0 bridgehead atoms. The summed E-state index contributed by atoms with van der Waals surface area (Å²) in [5.41, 5.74) is 8.18. The molecule has 2 N–H and O–H groups in total. The van der Waals surface area contributed by atoms with E-state index in [0.29, 0.717) is 11.1 Å². The lowest BCUT2D eigenvalue weighted by Crippen LogP contribution is -2.11. The van der Waals surface area contributed by atoms with E-state index in [9.17, 15) is 4.39 Å². The molecule has 0 heterocycles. The lowest BCUT2D eigenvalue weighted by atomic mass is 9.99. The second-order valence-electron chi connectivity index (χ2n) is 3.50. The normalized spacial score (nSPS) is 13.0. The van der Waals surface area contributed by atoms with E-state index >= 15 is 0 Å². The van der Waals surface area contributed by atoms with Crippen molar-refractivity contribution in [3.05, 3.63) is 34.6 Å². The molecule has 1 aromatic rings. The summed E-state index contributed by atoms with van der Waals surface area (Å²) in [6.07, 6.45) is 0.764. The predicted octanol–water partition coefficient (Wildman–Crippen LogP) is 2.85. The first-order valence-corrected chi connectivity index (χ1v) is 4.58. The van der Waals surface area contributed by atoms with E-state index in [1.807, 2.05) is 26.0 Å². The van der Waals surface area contributed by atoms with E-state index in [1.54, 1.807) is 6.92 Å². The average molecular weight is 181 g/mol. The molecular formula is C11H16FN. The molecular weight excluding hydrogens is 165 g/mol. The topological polar surface area (TPSA) is 26.0 Å². The number of hydrogen-bond acceptors (Lipinski definition) is 1. The van der Waals surface area contributed by atoms with Crippen molar-refractivity contribution in [3.8, 4) is 0 Å². The molecule has 0 spiro atoms. The smallest absolute Gasteiger partial charge is 0.130 e. The highest BCUT2D eigenvalue weighted by molar-refractivity contribution is 5.32. The molecule has 1 nitrogen and oxygen atoms in total. The zero-order valence-corrected chi connectivity index (χ0v) is 8.39. The first-order chi connectivity index (χ1) is 6.06. The molecule has 2 heteroatoms. The molecule has 0 aliphatic rings. The molecule has 1 unspecified atom stereocenters. The summed E-state index contributed by atoms with van der Waals surface area (Å²) in [5, 5.41) is 0. The summed E-state index contributed by atoms with van der Waals surface area (Å²) < 4.78 is 13.5. The molecule has 0 radical (unpaired) electrons. The molecule has 0 aliphatic carbocycles. The maximum atomic E-state index is 13.5. The Labute approximate surface area is 78.8 Å². The summed E-state index contributed by atoms with van der Waals surface area (Å²) in [5.74, 6) is -0.153. The minimum absolute atomic E-state index is 0.153. The number of rotatable bonds is 2. The number of hydrogen-bond donors (Lipinski definition) is 1. The van der Waals surface area contributed by atoms with Gasteiger partial charge in [0.05, 0.1) is 0 Å². The standard InChI is InChI=1S/C11H16FN/c1-4-10(13)9-6-7(2)5-8(3)11(9)12/h5-6,10H,4,13H2,1-3H3. The average Bonchev–Trinajstić information content (AvgIpc) is 2.10. The van der Waals surface area contributed by atoms with Gasteiger partial charge in [0.1, 0.15) is 5.82 Å². The molecule has 0 amide bonds. The first kappa shape index (κ1) is 10.2. The van der Waals surface area contributed by atoms with Crippen LogP contribution in [0.25, 0.3) is 0 Å². The minimum atomic E-state index is -0.182. The number of halogens is 1. The van der Waals surface area contributed by atoms with E-state index in [1.165, 1.54) is 0 Å². The first-order valence-electron chi connectivity index (χ1n) is 4.58. The fraction of sp³-hybridized carbons (Fsp3) is 0.455. The molecule has 72 valence electrons. The SMILES string of the molecule is CCC(N)c1cc(C)cc(C)c1F. The largest absolute Gasteiger partial charge is 0.324 e. The van der Waals surface area contributed by atoms with E-state index in [0.717, 1.165) is 12.0 Å². The Morgan fingerprint density at radius 3 is 2.54 bits per heavy atom. The van der Waals surface area contributed by atoms with Crippen LogP contribution in [0, 0.1) is 19.7 Å². The maximum Gasteiger partial charge on any atom is 0.130 e. The summed E-state index contributed by atoms with van der Waals surface area (Å²) in [6.45, 7) is 5.69. The Morgan fingerprint density at radius 1 is 1.38 bits per heavy atom. The minimum Gasteiger partial charge on any atom is -0.324 e. The summed E-state index contributed by atoms with van der Waals surface area (Å²) in [6, 6.07) is 3.48. The van der Waals surface area contributed by atoms with E-state index < -0.39 is 0 Å². The van der Waals surface area contributed by atoms with Gasteiger partial charge in [-0.05, 0) is 25.8 Å². The Hall–Kier alpha value is -0.890. The Bertz CT molecular complexity index is 307. The molecule has 0 aliphatic heterocycles. The molecule has 0 aromatic heterocycles. The van der Waals surface area contributed by atoms with Gasteiger partial charge in [0.2, 0.25) is 0 Å². The van der Waals surface area contributed by atoms with Crippen molar-refractivity contribution < 1.29 is 4.39 Å². The van der Waals surface area contributed by atoms with Crippen molar-refractivity contribution in [1.29, 1.82) is 0 Å². The van der Waals surface area contributed by atoms with Crippen LogP contribution >= 0.6 is 0 Å². The second-order valence-corrected chi connectivity index (χ2v) is 3.50. The zero-order valence-electron chi connectivity index (χ0n) is 8.39. The van der Waals surface area contributed by atoms with Crippen LogP contribution in [-0.4, -0.2) is 0 Å². The van der Waals surface area contributed by atoms with E-state index in [-0.39, 0.29) is 11.9 Å². The van der Waals surface area contributed by atoms with Gasteiger partial charge in [-0.2, -0.15) is 0 Å².